The minimum absolute atomic E-state index is 0.0126. The first-order valence-corrected chi connectivity index (χ1v) is 10.4. The molecular formula is C17H23N3O4S. The zero-order chi connectivity index (χ0) is 18.0. The average molecular weight is 365 g/mol. The number of carbonyl (C=O) groups is 2. The molecule has 2 heterocycles. The van der Waals surface area contributed by atoms with Gasteiger partial charge in [0, 0.05) is 30.9 Å². The summed E-state index contributed by atoms with van der Waals surface area (Å²) in [7, 11) is -3.27. The Bertz CT molecular complexity index is 791. The normalized spacial score (nSPS) is 21.8. The largest absolute Gasteiger partial charge is 0.326 e. The number of sulfonamides is 1. The molecule has 2 N–H and O–H groups in total. The van der Waals surface area contributed by atoms with Crippen LogP contribution in [0.4, 0.5) is 11.4 Å². The van der Waals surface area contributed by atoms with Gasteiger partial charge in [-0.15, -0.1) is 0 Å². The minimum Gasteiger partial charge on any atom is -0.326 e. The first kappa shape index (κ1) is 17.9. The zero-order valence-corrected chi connectivity index (χ0v) is 15.1. The molecule has 0 radical (unpaired) electrons. The summed E-state index contributed by atoms with van der Waals surface area (Å²) in [5.74, 6) is -0.494. The molecule has 0 aromatic heterocycles. The molecule has 8 heteroatoms. The number of hydrogen-bond acceptors (Lipinski definition) is 4. The van der Waals surface area contributed by atoms with Crippen molar-refractivity contribution in [3.63, 3.8) is 0 Å². The lowest BCUT2D eigenvalue weighted by Crippen LogP contribution is -2.43. The quantitative estimate of drug-likeness (QED) is 0.850. The van der Waals surface area contributed by atoms with Gasteiger partial charge in [0.25, 0.3) is 0 Å². The Hall–Kier alpha value is -1.93. The van der Waals surface area contributed by atoms with Gasteiger partial charge >= 0.3 is 0 Å². The molecule has 1 aromatic carbocycles. The maximum atomic E-state index is 12.5. The molecule has 0 spiro atoms. The summed E-state index contributed by atoms with van der Waals surface area (Å²) in [6.45, 7) is 0.701. The Morgan fingerprint density at radius 2 is 2.08 bits per heavy atom. The van der Waals surface area contributed by atoms with Gasteiger partial charge in [-0.2, -0.15) is 0 Å². The van der Waals surface area contributed by atoms with Crippen LogP contribution in [0.25, 0.3) is 0 Å². The highest BCUT2D eigenvalue weighted by atomic mass is 32.2. The van der Waals surface area contributed by atoms with Gasteiger partial charge in [-0.05, 0) is 49.4 Å². The number of piperidine rings is 1. The van der Waals surface area contributed by atoms with Gasteiger partial charge in [0.15, 0.2) is 0 Å². The van der Waals surface area contributed by atoms with Crippen LogP contribution in [0.1, 0.15) is 31.2 Å². The summed E-state index contributed by atoms with van der Waals surface area (Å²) in [6.07, 6.45) is 4.60. The van der Waals surface area contributed by atoms with Gasteiger partial charge in [-0.1, -0.05) is 0 Å². The van der Waals surface area contributed by atoms with Crippen molar-refractivity contribution in [2.45, 2.75) is 32.1 Å². The number of nitrogens with zero attached hydrogens (tertiary/aromatic N) is 1. The second-order valence-electron chi connectivity index (χ2n) is 6.72. The van der Waals surface area contributed by atoms with E-state index in [4.69, 9.17) is 0 Å². The molecule has 2 aliphatic rings. The average Bonchev–Trinajstić information content (AvgIpc) is 2.74. The number of hydrogen-bond donors (Lipinski definition) is 2. The Kier molecular flexibility index (Phi) is 5.10. The Morgan fingerprint density at radius 1 is 1.28 bits per heavy atom. The maximum Gasteiger partial charge on any atom is 0.228 e. The predicted molar refractivity (Wildman–Crippen MR) is 95.8 cm³/mol. The first-order chi connectivity index (χ1) is 11.8. The predicted octanol–water partition coefficient (Wildman–Crippen LogP) is 1.57. The summed E-state index contributed by atoms with van der Waals surface area (Å²) in [6, 6.07) is 5.45. The van der Waals surface area contributed by atoms with Crippen molar-refractivity contribution in [1.29, 1.82) is 0 Å². The summed E-state index contributed by atoms with van der Waals surface area (Å²) >= 11 is 0. The topological polar surface area (TPSA) is 95.6 Å². The highest BCUT2D eigenvalue weighted by molar-refractivity contribution is 7.88. The SMILES string of the molecule is CS(=O)(=O)N1CCC[C@@H](C(=O)Nc2ccc3c(c2)CCCC(=O)N3)C1. The van der Waals surface area contributed by atoms with Crippen LogP contribution in [-0.2, 0) is 26.0 Å². The van der Waals surface area contributed by atoms with Crippen LogP contribution >= 0.6 is 0 Å². The lowest BCUT2D eigenvalue weighted by atomic mass is 9.98. The van der Waals surface area contributed by atoms with Crippen LogP contribution in [-0.4, -0.2) is 43.9 Å². The van der Waals surface area contributed by atoms with Crippen molar-refractivity contribution >= 4 is 33.2 Å². The molecule has 1 saturated heterocycles. The van der Waals surface area contributed by atoms with Crippen LogP contribution in [0, 0.1) is 5.92 Å². The zero-order valence-electron chi connectivity index (χ0n) is 14.2. The monoisotopic (exact) mass is 365 g/mol. The molecule has 2 amide bonds. The summed E-state index contributed by atoms with van der Waals surface area (Å²) in [5, 5.41) is 5.76. The van der Waals surface area contributed by atoms with Crippen molar-refractivity contribution in [3.05, 3.63) is 23.8 Å². The number of rotatable bonds is 3. The first-order valence-electron chi connectivity index (χ1n) is 8.52. The van der Waals surface area contributed by atoms with Gasteiger partial charge in [0.05, 0.1) is 12.2 Å². The third-order valence-corrected chi connectivity index (χ3v) is 5.99. The molecule has 2 aliphatic heterocycles. The number of nitrogens with one attached hydrogen (secondary N) is 2. The van der Waals surface area contributed by atoms with Crippen LogP contribution in [0.5, 0.6) is 0 Å². The van der Waals surface area contributed by atoms with E-state index in [1.54, 1.807) is 12.1 Å². The van der Waals surface area contributed by atoms with Crippen LogP contribution in [0.3, 0.4) is 0 Å². The lowest BCUT2D eigenvalue weighted by molar-refractivity contribution is -0.121. The van der Waals surface area contributed by atoms with E-state index in [1.165, 1.54) is 10.6 Å². The standard InChI is InChI=1S/C17H23N3O4S/c1-25(23,24)20-9-3-5-13(11-20)17(22)18-14-7-8-15-12(10-14)4-2-6-16(21)19-15/h7-8,10,13H,2-6,9,11H2,1H3,(H,18,22)(H,19,21)/t13-/m1/s1. The third kappa shape index (κ3) is 4.38. The number of aryl methyl sites for hydroxylation is 1. The fourth-order valence-corrected chi connectivity index (χ4v) is 4.27. The van der Waals surface area contributed by atoms with Crippen LogP contribution < -0.4 is 10.6 Å². The van der Waals surface area contributed by atoms with Crippen LogP contribution in [0.2, 0.25) is 0 Å². The highest BCUT2D eigenvalue weighted by Crippen LogP contribution is 2.26. The molecular weight excluding hydrogens is 342 g/mol. The number of amides is 2. The molecule has 0 bridgehead atoms. The number of benzene rings is 1. The second-order valence-corrected chi connectivity index (χ2v) is 8.71. The van der Waals surface area contributed by atoms with Crippen molar-refractivity contribution in [2.75, 3.05) is 30.0 Å². The molecule has 0 saturated carbocycles. The lowest BCUT2D eigenvalue weighted by Gasteiger charge is -2.30. The van der Waals surface area contributed by atoms with Gasteiger partial charge in [-0.3, -0.25) is 9.59 Å². The van der Waals surface area contributed by atoms with Gasteiger partial charge < -0.3 is 10.6 Å². The molecule has 0 unspecified atom stereocenters. The Balaban J connectivity index is 1.69. The van der Waals surface area contributed by atoms with Gasteiger partial charge in [-0.25, -0.2) is 12.7 Å². The molecule has 136 valence electrons. The van der Waals surface area contributed by atoms with E-state index in [9.17, 15) is 18.0 Å². The minimum atomic E-state index is -3.27. The van der Waals surface area contributed by atoms with Crippen molar-refractivity contribution in [1.82, 2.24) is 4.31 Å². The molecule has 7 nitrogen and oxygen atoms in total. The van der Waals surface area contributed by atoms with Crippen molar-refractivity contribution in [3.8, 4) is 0 Å². The van der Waals surface area contributed by atoms with Gasteiger partial charge in [0.1, 0.15) is 0 Å². The molecule has 1 atom stereocenters. The molecule has 25 heavy (non-hydrogen) atoms. The number of fused-ring (bicyclic) bond motifs is 1. The molecule has 1 aromatic rings. The van der Waals surface area contributed by atoms with E-state index in [2.05, 4.69) is 10.6 Å². The Morgan fingerprint density at radius 3 is 2.84 bits per heavy atom. The maximum absolute atomic E-state index is 12.5. The third-order valence-electron chi connectivity index (χ3n) is 4.72. The van der Waals surface area contributed by atoms with E-state index in [0.717, 1.165) is 24.1 Å². The molecule has 1 fully saturated rings. The van der Waals surface area contributed by atoms with Crippen LogP contribution in [0.15, 0.2) is 18.2 Å². The smallest absolute Gasteiger partial charge is 0.228 e. The van der Waals surface area contributed by atoms with Crippen molar-refractivity contribution < 1.29 is 18.0 Å². The number of anilines is 2. The summed E-state index contributed by atoms with van der Waals surface area (Å²) < 4.78 is 24.8. The van der Waals surface area contributed by atoms with E-state index in [-0.39, 0.29) is 24.3 Å². The van der Waals surface area contributed by atoms with E-state index < -0.39 is 10.0 Å². The fraction of sp³-hybridized carbons (Fsp3) is 0.529. The second kappa shape index (κ2) is 7.13. The Labute approximate surface area is 147 Å². The fourth-order valence-electron chi connectivity index (χ4n) is 3.35. The highest BCUT2D eigenvalue weighted by Gasteiger charge is 2.30. The molecule has 3 rings (SSSR count). The van der Waals surface area contributed by atoms with E-state index >= 15 is 0 Å². The molecule has 0 aliphatic carbocycles. The van der Waals surface area contributed by atoms with Gasteiger partial charge in [0.2, 0.25) is 21.8 Å². The summed E-state index contributed by atoms with van der Waals surface area (Å²) in [5.41, 5.74) is 2.47. The number of carbonyl (C=O) groups excluding carboxylic acids is 2. The van der Waals surface area contributed by atoms with E-state index in [1.807, 2.05) is 6.07 Å². The van der Waals surface area contributed by atoms with Crippen molar-refractivity contribution in [2.24, 2.45) is 5.92 Å². The summed E-state index contributed by atoms with van der Waals surface area (Å²) in [4.78, 5) is 24.1. The van der Waals surface area contributed by atoms with E-state index in [0.29, 0.717) is 31.5 Å².